The van der Waals surface area contributed by atoms with Crippen LogP contribution in [0.15, 0.2) is 11.6 Å². The number of allylic oxidation sites excluding steroid dienone is 1. The van der Waals surface area contributed by atoms with Crippen molar-refractivity contribution in [3.63, 3.8) is 0 Å². The number of esters is 1. The van der Waals surface area contributed by atoms with Crippen molar-refractivity contribution in [2.45, 2.75) is 41.0 Å². The second kappa shape index (κ2) is 6.69. The molecule has 0 rings (SSSR count). The van der Waals surface area contributed by atoms with Crippen LogP contribution in [0.25, 0.3) is 0 Å². The number of aliphatic hydroxyl groups is 1. The first-order valence-corrected chi connectivity index (χ1v) is 5.84. The largest absolute Gasteiger partial charge is 0.462 e. The van der Waals surface area contributed by atoms with Crippen LogP contribution in [0.3, 0.4) is 0 Å². The second-order valence-corrected chi connectivity index (χ2v) is 4.58. The molecule has 1 atom stereocenters. The van der Waals surface area contributed by atoms with Gasteiger partial charge in [0.25, 0.3) is 0 Å². The molecule has 0 saturated heterocycles. The zero-order valence-electron chi connectivity index (χ0n) is 11.0. The van der Waals surface area contributed by atoms with Gasteiger partial charge >= 0.3 is 5.97 Å². The van der Waals surface area contributed by atoms with Gasteiger partial charge in [-0.05, 0) is 26.2 Å². The predicted octanol–water partition coefficient (Wildman–Crippen LogP) is 2.54. The molecule has 94 valence electrons. The van der Waals surface area contributed by atoms with Crippen molar-refractivity contribution in [3.8, 4) is 0 Å². The van der Waals surface area contributed by atoms with Gasteiger partial charge in [-0.2, -0.15) is 0 Å². The monoisotopic (exact) mass is 228 g/mol. The van der Waals surface area contributed by atoms with E-state index in [9.17, 15) is 9.90 Å². The van der Waals surface area contributed by atoms with E-state index in [1.807, 2.05) is 20.8 Å². The number of hydrogen-bond acceptors (Lipinski definition) is 3. The molecule has 0 aromatic rings. The van der Waals surface area contributed by atoms with Crippen LogP contribution in [0.4, 0.5) is 0 Å². The van der Waals surface area contributed by atoms with E-state index in [1.165, 1.54) is 0 Å². The molecule has 0 bridgehead atoms. The Morgan fingerprint density at radius 2 is 2.06 bits per heavy atom. The minimum atomic E-state index is -0.316. The van der Waals surface area contributed by atoms with E-state index in [1.54, 1.807) is 19.9 Å². The maximum atomic E-state index is 11.5. The molecule has 0 aromatic carbocycles. The molecule has 3 nitrogen and oxygen atoms in total. The summed E-state index contributed by atoms with van der Waals surface area (Å²) in [6, 6.07) is 0. The van der Waals surface area contributed by atoms with Crippen molar-refractivity contribution >= 4 is 5.97 Å². The Bertz CT molecular complexity index is 250. The fourth-order valence-corrected chi connectivity index (χ4v) is 1.46. The minimum Gasteiger partial charge on any atom is -0.462 e. The van der Waals surface area contributed by atoms with Crippen molar-refractivity contribution < 1.29 is 14.6 Å². The van der Waals surface area contributed by atoms with E-state index in [0.29, 0.717) is 5.57 Å². The fourth-order valence-electron chi connectivity index (χ4n) is 1.46. The average Bonchev–Trinajstić information content (AvgIpc) is 2.29. The van der Waals surface area contributed by atoms with Gasteiger partial charge in [-0.25, -0.2) is 4.79 Å². The highest BCUT2D eigenvalue weighted by atomic mass is 16.5. The van der Waals surface area contributed by atoms with Gasteiger partial charge in [0.2, 0.25) is 0 Å². The third-order valence-corrected chi connectivity index (χ3v) is 3.49. The Labute approximate surface area is 98.5 Å². The van der Waals surface area contributed by atoms with Crippen molar-refractivity contribution in [2.24, 2.45) is 11.3 Å². The Balaban J connectivity index is 4.50. The Kier molecular flexibility index (Phi) is 6.34. The molecule has 0 aromatic heterocycles. The highest BCUT2D eigenvalue weighted by molar-refractivity contribution is 5.87. The maximum absolute atomic E-state index is 11.5. The first-order valence-electron chi connectivity index (χ1n) is 5.84. The van der Waals surface area contributed by atoms with Crippen LogP contribution in [0.1, 0.15) is 41.0 Å². The van der Waals surface area contributed by atoms with Gasteiger partial charge in [0.05, 0.1) is 13.2 Å². The molecular formula is C13H24O3. The molecular weight excluding hydrogens is 204 g/mol. The Morgan fingerprint density at radius 3 is 2.38 bits per heavy atom. The van der Waals surface area contributed by atoms with E-state index < -0.39 is 0 Å². The molecule has 1 N–H and O–H groups in total. The summed E-state index contributed by atoms with van der Waals surface area (Å²) in [6.07, 6.45) is 2.52. The smallest absolute Gasteiger partial charge is 0.333 e. The number of aliphatic hydroxyl groups excluding tert-OH is 1. The first kappa shape index (κ1) is 15.2. The number of carbonyl (C=O) groups is 1. The highest BCUT2D eigenvalue weighted by Gasteiger charge is 2.33. The number of hydrogen-bond donors (Lipinski definition) is 1. The molecule has 0 heterocycles. The van der Waals surface area contributed by atoms with E-state index >= 15 is 0 Å². The Morgan fingerprint density at radius 1 is 1.50 bits per heavy atom. The topological polar surface area (TPSA) is 46.5 Å². The van der Waals surface area contributed by atoms with E-state index in [0.717, 1.165) is 6.42 Å². The van der Waals surface area contributed by atoms with Gasteiger partial charge in [0.15, 0.2) is 0 Å². The zero-order valence-corrected chi connectivity index (χ0v) is 11.0. The van der Waals surface area contributed by atoms with Gasteiger partial charge in [0.1, 0.15) is 0 Å². The quantitative estimate of drug-likeness (QED) is 0.561. The number of rotatable bonds is 6. The van der Waals surface area contributed by atoms with Crippen LogP contribution < -0.4 is 0 Å². The summed E-state index contributed by atoms with van der Waals surface area (Å²) < 4.78 is 5.24. The average molecular weight is 228 g/mol. The van der Waals surface area contributed by atoms with E-state index in [2.05, 4.69) is 0 Å². The van der Waals surface area contributed by atoms with Crippen molar-refractivity contribution in [2.75, 3.05) is 13.2 Å². The third-order valence-electron chi connectivity index (χ3n) is 3.49. The maximum Gasteiger partial charge on any atom is 0.333 e. The summed E-state index contributed by atoms with van der Waals surface area (Å²) in [5.74, 6) is -0.0179. The first-order chi connectivity index (χ1) is 7.43. The van der Waals surface area contributed by atoms with Crippen molar-refractivity contribution in [3.05, 3.63) is 11.6 Å². The lowest BCUT2D eigenvalue weighted by Crippen LogP contribution is -2.36. The standard InChI is InChI=1S/C13H24O3/c1-6-11(5)12(15)16-9-13(7-2,8-14)10(3)4/h6,10,14H,7-9H2,1-5H3. The predicted molar refractivity (Wildman–Crippen MR) is 65.0 cm³/mol. The van der Waals surface area contributed by atoms with Crippen LogP contribution in [0, 0.1) is 11.3 Å². The van der Waals surface area contributed by atoms with Crippen LogP contribution in [0.5, 0.6) is 0 Å². The fraction of sp³-hybridized carbons (Fsp3) is 0.769. The normalized spacial score (nSPS) is 16.1. The van der Waals surface area contributed by atoms with Gasteiger partial charge < -0.3 is 9.84 Å². The molecule has 0 aliphatic carbocycles. The van der Waals surface area contributed by atoms with Gasteiger partial charge in [-0.3, -0.25) is 0 Å². The van der Waals surface area contributed by atoms with E-state index in [4.69, 9.17) is 4.74 Å². The van der Waals surface area contributed by atoms with Crippen molar-refractivity contribution in [1.82, 2.24) is 0 Å². The van der Waals surface area contributed by atoms with Crippen LogP contribution in [-0.2, 0) is 9.53 Å². The lowest BCUT2D eigenvalue weighted by Gasteiger charge is -2.34. The van der Waals surface area contributed by atoms with Gasteiger partial charge in [-0.1, -0.05) is 26.8 Å². The van der Waals surface area contributed by atoms with Crippen LogP contribution in [0.2, 0.25) is 0 Å². The summed E-state index contributed by atoms with van der Waals surface area (Å²) in [5, 5.41) is 9.45. The third kappa shape index (κ3) is 3.63. The molecule has 0 saturated carbocycles. The van der Waals surface area contributed by atoms with Crippen molar-refractivity contribution in [1.29, 1.82) is 0 Å². The molecule has 0 fully saturated rings. The SMILES string of the molecule is CC=C(C)C(=O)OCC(CC)(CO)C(C)C. The number of ether oxygens (including phenoxy) is 1. The lowest BCUT2D eigenvalue weighted by atomic mass is 9.76. The number of carbonyl (C=O) groups excluding carboxylic acids is 1. The summed E-state index contributed by atoms with van der Waals surface area (Å²) >= 11 is 0. The van der Waals surface area contributed by atoms with Gasteiger partial charge in [-0.15, -0.1) is 0 Å². The second-order valence-electron chi connectivity index (χ2n) is 4.58. The summed E-state index contributed by atoms with van der Waals surface area (Å²) in [7, 11) is 0. The summed E-state index contributed by atoms with van der Waals surface area (Å²) in [5.41, 5.74) is 0.288. The molecule has 0 aliphatic heterocycles. The summed E-state index contributed by atoms with van der Waals surface area (Å²) in [4.78, 5) is 11.5. The van der Waals surface area contributed by atoms with Gasteiger partial charge in [0, 0.05) is 11.0 Å². The molecule has 16 heavy (non-hydrogen) atoms. The van der Waals surface area contributed by atoms with Crippen LogP contribution >= 0.6 is 0 Å². The minimum absolute atomic E-state index is 0.0450. The Hall–Kier alpha value is -0.830. The molecule has 1 unspecified atom stereocenters. The molecule has 0 amide bonds. The molecule has 3 heteroatoms. The summed E-state index contributed by atoms with van der Waals surface area (Å²) in [6.45, 7) is 9.94. The van der Waals surface area contributed by atoms with Crippen LogP contribution in [-0.4, -0.2) is 24.3 Å². The van der Waals surface area contributed by atoms with E-state index in [-0.39, 0.29) is 30.5 Å². The molecule has 0 spiro atoms. The zero-order chi connectivity index (χ0) is 12.8. The molecule has 0 aliphatic rings. The highest BCUT2D eigenvalue weighted by Crippen LogP contribution is 2.31. The lowest BCUT2D eigenvalue weighted by molar-refractivity contribution is -0.145. The molecule has 0 radical (unpaired) electrons.